The summed E-state index contributed by atoms with van der Waals surface area (Å²) in [6.45, 7) is 3.75. The third-order valence-corrected chi connectivity index (χ3v) is 5.84. The van der Waals surface area contributed by atoms with E-state index in [0.717, 1.165) is 43.0 Å². The molecule has 1 aromatic carbocycles. The van der Waals surface area contributed by atoms with Gasteiger partial charge in [-0.25, -0.2) is 9.59 Å². The molecule has 0 unspecified atom stereocenters. The Morgan fingerprint density at radius 3 is 2.85 bits per heavy atom. The first-order valence-electron chi connectivity index (χ1n) is 11.5. The fraction of sp³-hybridized carbons (Fsp3) is 0.520. The van der Waals surface area contributed by atoms with E-state index in [4.69, 9.17) is 19.3 Å². The van der Waals surface area contributed by atoms with Gasteiger partial charge in [0.15, 0.2) is 6.29 Å². The number of esters is 1. The number of aromatic amines is 1. The molecule has 2 aromatic rings. The summed E-state index contributed by atoms with van der Waals surface area (Å²) in [6.07, 6.45) is 6.31. The van der Waals surface area contributed by atoms with Gasteiger partial charge in [0.1, 0.15) is 12.2 Å². The number of rotatable bonds is 11. The number of benzene rings is 1. The van der Waals surface area contributed by atoms with Crippen molar-refractivity contribution in [2.75, 3.05) is 0 Å². The zero-order valence-corrected chi connectivity index (χ0v) is 19.1. The first kappa shape index (κ1) is 25.0. The van der Waals surface area contributed by atoms with Crippen molar-refractivity contribution < 1.29 is 34.0 Å². The summed E-state index contributed by atoms with van der Waals surface area (Å²) >= 11 is 0. The van der Waals surface area contributed by atoms with Crippen LogP contribution in [0.4, 0.5) is 0 Å². The van der Waals surface area contributed by atoms with Gasteiger partial charge in [0.05, 0.1) is 17.8 Å². The molecule has 0 aliphatic carbocycles. The third kappa shape index (κ3) is 7.15. The molecule has 5 atom stereocenters. The van der Waals surface area contributed by atoms with Crippen molar-refractivity contribution in [3.8, 4) is 0 Å². The van der Waals surface area contributed by atoms with Gasteiger partial charge in [-0.1, -0.05) is 37.1 Å². The lowest BCUT2D eigenvalue weighted by Crippen LogP contribution is -2.49. The number of H-pyrrole nitrogens is 1. The average molecular weight is 460 g/mol. The average Bonchev–Trinajstić information content (AvgIpc) is 3.20. The van der Waals surface area contributed by atoms with Crippen molar-refractivity contribution in [1.29, 1.82) is 0 Å². The number of aliphatic hydroxyl groups is 1. The van der Waals surface area contributed by atoms with E-state index in [9.17, 15) is 14.7 Å². The zero-order valence-electron chi connectivity index (χ0n) is 19.1. The number of aliphatic hydroxyl groups excluding tert-OH is 1. The molecule has 180 valence electrons. The lowest BCUT2D eigenvalue weighted by molar-refractivity contribution is -0.273. The van der Waals surface area contributed by atoms with Crippen LogP contribution in [0.15, 0.2) is 42.6 Å². The number of hydrogen-bond acceptors (Lipinski definition) is 6. The Bertz CT molecular complexity index is 953. The molecule has 0 bridgehead atoms. The minimum Gasteiger partial charge on any atom is -0.478 e. The highest BCUT2D eigenvalue weighted by Crippen LogP contribution is 2.27. The van der Waals surface area contributed by atoms with Crippen LogP contribution >= 0.6 is 0 Å². The molecule has 8 nitrogen and oxygen atoms in total. The maximum atomic E-state index is 12.7. The van der Waals surface area contributed by atoms with Crippen LogP contribution in [0.1, 0.15) is 62.7 Å². The normalized spacial score (nSPS) is 24.2. The second-order valence-electron chi connectivity index (χ2n) is 8.53. The van der Waals surface area contributed by atoms with E-state index >= 15 is 0 Å². The van der Waals surface area contributed by atoms with Gasteiger partial charge in [-0.3, -0.25) is 0 Å². The van der Waals surface area contributed by atoms with E-state index in [2.05, 4.69) is 4.98 Å². The Kier molecular flexibility index (Phi) is 9.05. The number of carboxylic acid groups (broad SMARTS) is 1. The summed E-state index contributed by atoms with van der Waals surface area (Å²) in [5.41, 5.74) is 1.31. The SMILES string of the molecule is C[C@H](CCCCC/C=C/C(=O)O)O[C@@H]1O[C@@H](C)[C@H](OC(=O)c2c[nH]c3ccccc23)C[C@H]1O. The smallest absolute Gasteiger partial charge is 0.340 e. The van der Waals surface area contributed by atoms with E-state index in [1.165, 1.54) is 6.08 Å². The predicted octanol–water partition coefficient (Wildman–Crippen LogP) is 4.19. The highest BCUT2D eigenvalue weighted by molar-refractivity contribution is 6.04. The van der Waals surface area contributed by atoms with Crippen molar-refractivity contribution in [1.82, 2.24) is 4.98 Å². The van der Waals surface area contributed by atoms with Crippen LogP contribution in [0.25, 0.3) is 10.9 Å². The molecule has 1 aliphatic heterocycles. The van der Waals surface area contributed by atoms with Crippen molar-refractivity contribution in [2.24, 2.45) is 0 Å². The number of carbonyl (C=O) groups is 2. The van der Waals surface area contributed by atoms with E-state index in [1.807, 2.05) is 38.1 Å². The van der Waals surface area contributed by atoms with Gasteiger partial charge in [-0.15, -0.1) is 0 Å². The maximum absolute atomic E-state index is 12.7. The standard InChI is InChI=1S/C25H33NO7/c1-16(10-6-4-3-5-7-13-23(28)29)31-25-21(27)14-22(17(2)32-25)33-24(30)19-15-26-20-12-9-8-11-18(19)20/h7-9,11-13,15-17,21-22,25-27H,3-6,10,14H2,1-2H3,(H,28,29)/b13-7+/t16-,17+,21-,22-,25-/m1/s1. The number of para-hydroxylation sites is 1. The van der Waals surface area contributed by atoms with Crippen LogP contribution in [0, 0.1) is 0 Å². The van der Waals surface area contributed by atoms with Crippen molar-refractivity contribution in [3.63, 3.8) is 0 Å². The van der Waals surface area contributed by atoms with E-state index in [1.54, 1.807) is 12.3 Å². The Morgan fingerprint density at radius 1 is 1.27 bits per heavy atom. The Balaban J connectivity index is 1.42. The lowest BCUT2D eigenvalue weighted by atomic mass is 10.0. The number of hydrogen-bond donors (Lipinski definition) is 3. The molecule has 1 aliphatic rings. The summed E-state index contributed by atoms with van der Waals surface area (Å²) in [4.78, 5) is 26.2. The van der Waals surface area contributed by atoms with E-state index in [0.29, 0.717) is 5.56 Å². The van der Waals surface area contributed by atoms with Crippen LogP contribution in [-0.4, -0.2) is 57.8 Å². The Morgan fingerprint density at radius 2 is 2.06 bits per heavy atom. The molecular formula is C25H33NO7. The molecule has 1 aromatic heterocycles. The first-order valence-corrected chi connectivity index (χ1v) is 11.5. The topological polar surface area (TPSA) is 118 Å². The second-order valence-corrected chi connectivity index (χ2v) is 8.53. The summed E-state index contributed by atoms with van der Waals surface area (Å²) < 4.78 is 17.4. The fourth-order valence-corrected chi connectivity index (χ4v) is 3.99. The van der Waals surface area contributed by atoms with Crippen molar-refractivity contribution in [2.45, 2.75) is 83.1 Å². The summed E-state index contributed by atoms with van der Waals surface area (Å²) in [6, 6.07) is 7.50. The number of aromatic nitrogens is 1. The summed E-state index contributed by atoms with van der Waals surface area (Å²) in [5.74, 6) is -1.38. The van der Waals surface area contributed by atoms with Crippen LogP contribution in [0.3, 0.4) is 0 Å². The van der Waals surface area contributed by atoms with Gasteiger partial charge in [-0.05, 0) is 39.2 Å². The number of unbranched alkanes of at least 4 members (excludes halogenated alkanes) is 3. The van der Waals surface area contributed by atoms with Crippen molar-refractivity contribution in [3.05, 3.63) is 48.2 Å². The lowest BCUT2D eigenvalue weighted by Gasteiger charge is -2.38. The van der Waals surface area contributed by atoms with Gasteiger partial charge in [0.2, 0.25) is 0 Å². The molecule has 8 heteroatoms. The molecule has 3 rings (SSSR count). The van der Waals surface area contributed by atoms with Gasteiger partial charge in [0.25, 0.3) is 0 Å². The highest BCUT2D eigenvalue weighted by Gasteiger charge is 2.38. The molecule has 0 radical (unpaired) electrons. The quantitative estimate of drug-likeness (QED) is 0.262. The summed E-state index contributed by atoms with van der Waals surface area (Å²) in [5, 5.41) is 19.9. The van der Waals surface area contributed by atoms with E-state index < -0.39 is 36.5 Å². The van der Waals surface area contributed by atoms with Crippen LogP contribution < -0.4 is 0 Å². The Hall–Kier alpha value is -2.68. The minimum atomic E-state index is -0.924. The van der Waals surface area contributed by atoms with Gasteiger partial charge in [0, 0.05) is 29.6 Å². The number of carboxylic acids is 1. The number of fused-ring (bicyclic) bond motifs is 1. The number of aliphatic carboxylic acids is 1. The monoisotopic (exact) mass is 459 g/mol. The van der Waals surface area contributed by atoms with Crippen LogP contribution in [0.5, 0.6) is 0 Å². The predicted molar refractivity (Wildman–Crippen MR) is 123 cm³/mol. The second kappa shape index (κ2) is 12.0. The summed E-state index contributed by atoms with van der Waals surface area (Å²) in [7, 11) is 0. The number of carbonyl (C=O) groups excluding carboxylic acids is 1. The molecule has 0 amide bonds. The molecule has 3 N–H and O–H groups in total. The molecular weight excluding hydrogens is 426 g/mol. The van der Waals surface area contributed by atoms with Crippen molar-refractivity contribution >= 4 is 22.8 Å². The maximum Gasteiger partial charge on any atom is 0.340 e. The highest BCUT2D eigenvalue weighted by atomic mass is 16.7. The van der Waals surface area contributed by atoms with Gasteiger partial charge in [-0.2, -0.15) is 0 Å². The number of ether oxygens (including phenoxy) is 3. The van der Waals surface area contributed by atoms with Gasteiger partial charge >= 0.3 is 11.9 Å². The van der Waals surface area contributed by atoms with Crippen LogP contribution in [0.2, 0.25) is 0 Å². The Labute approximate surface area is 193 Å². The largest absolute Gasteiger partial charge is 0.478 e. The third-order valence-electron chi connectivity index (χ3n) is 5.84. The molecule has 0 saturated carbocycles. The van der Waals surface area contributed by atoms with Crippen LogP contribution in [-0.2, 0) is 19.0 Å². The first-order chi connectivity index (χ1) is 15.8. The molecule has 33 heavy (non-hydrogen) atoms. The molecule has 1 saturated heterocycles. The molecule has 1 fully saturated rings. The zero-order chi connectivity index (χ0) is 23.8. The number of nitrogens with one attached hydrogen (secondary N) is 1. The molecule has 2 heterocycles. The van der Waals surface area contributed by atoms with E-state index in [-0.39, 0.29) is 12.5 Å². The number of allylic oxidation sites excluding steroid dienone is 1. The minimum absolute atomic E-state index is 0.100. The fourth-order valence-electron chi connectivity index (χ4n) is 3.99. The van der Waals surface area contributed by atoms with Gasteiger partial charge < -0.3 is 29.4 Å². The molecule has 0 spiro atoms.